The van der Waals surface area contributed by atoms with Crippen molar-refractivity contribution in [3.05, 3.63) is 0 Å². The van der Waals surface area contributed by atoms with Crippen molar-refractivity contribution in [1.82, 2.24) is 5.32 Å². The number of ether oxygens (including phenoxy) is 2. The third-order valence-electron chi connectivity index (χ3n) is 4.25. The van der Waals surface area contributed by atoms with Gasteiger partial charge in [-0.3, -0.25) is 4.99 Å². The fourth-order valence-corrected chi connectivity index (χ4v) is 2.52. The summed E-state index contributed by atoms with van der Waals surface area (Å²) in [6.45, 7) is 11.7. The van der Waals surface area contributed by atoms with E-state index in [1.807, 2.05) is 6.92 Å². The van der Waals surface area contributed by atoms with Crippen molar-refractivity contribution in [1.29, 1.82) is 0 Å². The maximum absolute atomic E-state index is 5.94. The first-order valence-corrected chi connectivity index (χ1v) is 8.28. The first-order valence-electron chi connectivity index (χ1n) is 8.28. The van der Waals surface area contributed by atoms with Gasteiger partial charge in [0.15, 0.2) is 5.96 Å². The van der Waals surface area contributed by atoms with Gasteiger partial charge in [-0.1, -0.05) is 27.2 Å². The summed E-state index contributed by atoms with van der Waals surface area (Å²) < 4.78 is 11.2. The highest BCUT2D eigenvalue weighted by molar-refractivity contribution is 5.78. The lowest BCUT2D eigenvalue weighted by Gasteiger charge is -2.51. The minimum absolute atomic E-state index is 0.110. The van der Waals surface area contributed by atoms with Crippen LogP contribution >= 0.6 is 0 Å². The van der Waals surface area contributed by atoms with Crippen LogP contribution in [0, 0.1) is 5.41 Å². The predicted molar refractivity (Wildman–Crippen MR) is 87.6 cm³/mol. The van der Waals surface area contributed by atoms with E-state index in [-0.39, 0.29) is 5.41 Å². The van der Waals surface area contributed by atoms with Crippen LogP contribution in [0.25, 0.3) is 0 Å². The number of unbranched alkanes of at least 4 members (excludes halogenated alkanes) is 1. The van der Waals surface area contributed by atoms with Crippen LogP contribution in [0.3, 0.4) is 0 Å². The lowest BCUT2D eigenvalue weighted by atomic mass is 9.64. The number of hydrogen-bond acceptors (Lipinski definition) is 3. The molecule has 21 heavy (non-hydrogen) atoms. The van der Waals surface area contributed by atoms with Crippen LogP contribution in [0.2, 0.25) is 0 Å². The van der Waals surface area contributed by atoms with E-state index >= 15 is 0 Å². The molecule has 1 saturated carbocycles. The van der Waals surface area contributed by atoms with Gasteiger partial charge in [0.2, 0.25) is 0 Å². The number of nitrogens with one attached hydrogen (secondary N) is 1. The van der Waals surface area contributed by atoms with Gasteiger partial charge in [-0.15, -0.1) is 0 Å². The topological polar surface area (TPSA) is 68.9 Å². The molecule has 0 aromatic rings. The molecule has 1 aliphatic carbocycles. The average Bonchev–Trinajstić information content (AvgIpc) is 2.45. The van der Waals surface area contributed by atoms with Gasteiger partial charge < -0.3 is 20.5 Å². The first-order chi connectivity index (χ1) is 10.0. The Morgan fingerprint density at radius 3 is 2.67 bits per heavy atom. The monoisotopic (exact) mass is 299 g/mol. The summed E-state index contributed by atoms with van der Waals surface area (Å²) >= 11 is 0. The Morgan fingerprint density at radius 1 is 1.29 bits per heavy atom. The summed E-state index contributed by atoms with van der Waals surface area (Å²) in [4.78, 5) is 4.35. The molecule has 2 atom stereocenters. The Morgan fingerprint density at radius 2 is 2.05 bits per heavy atom. The standard InChI is InChI=1S/C16H33N3O2/c1-5-7-11-21-14-12-13(16(14,3)4)19-15(17)18-9-8-10-20-6-2/h13-14H,5-12H2,1-4H3,(H3,17,18,19). The van der Waals surface area contributed by atoms with Gasteiger partial charge in [-0.25, -0.2) is 0 Å². The number of nitrogens with two attached hydrogens (primary N) is 1. The maximum atomic E-state index is 5.94. The highest BCUT2D eigenvalue weighted by Gasteiger charge is 2.49. The maximum Gasteiger partial charge on any atom is 0.188 e. The van der Waals surface area contributed by atoms with Crippen LogP contribution in [0.4, 0.5) is 0 Å². The Bertz CT molecular complexity index is 319. The van der Waals surface area contributed by atoms with Crippen molar-refractivity contribution in [3.63, 3.8) is 0 Å². The van der Waals surface area contributed by atoms with Crippen LogP contribution in [-0.2, 0) is 9.47 Å². The van der Waals surface area contributed by atoms with Gasteiger partial charge in [-0.05, 0) is 26.2 Å². The lowest BCUT2D eigenvalue weighted by Crippen LogP contribution is -2.63. The Balaban J connectivity index is 2.24. The fraction of sp³-hybridized carbons (Fsp3) is 0.938. The highest BCUT2D eigenvalue weighted by Crippen LogP contribution is 2.42. The van der Waals surface area contributed by atoms with E-state index in [2.05, 4.69) is 31.1 Å². The molecule has 0 heterocycles. The highest BCUT2D eigenvalue weighted by atomic mass is 16.5. The van der Waals surface area contributed by atoms with E-state index in [9.17, 15) is 0 Å². The van der Waals surface area contributed by atoms with E-state index in [1.54, 1.807) is 0 Å². The second-order valence-electron chi connectivity index (χ2n) is 6.28. The summed E-state index contributed by atoms with van der Waals surface area (Å²) in [5, 5.41) is 3.32. The Kier molecular flexibility index (Phi) is 8.04. The molecule has 1 rings (SSSR count). The minimum Gasteiger partial charge on any atom is -0.382 e. The van der Waals surface area contributed by atoms with Crippen LogP contribution in [0.5, 0.6) is 0 Å². The minimum atomic E-state index is 0.110. The lowest BCUT2D eigenvalue weighted by molar-refractivity contribution is -0.113. The molecule has 0 aromatic heterocycles. The average molecular weight is 299 g/mol. The largest absolute Gasteiger partial charge is 0.382 e. The van der Waals surface area contributed by atoms with Crippen LogP contribution < -0.4 is 11.1 Å². The Labute approximate surface area is 129 Å². The zero-order valence-corrected chi connectivity index (χ0v) is 14.2. The van der Waals surface area contributed by atoms with Crippen molar-refractivity contribution in [2.24, 2.45) is 16.1 Å². The summed E-state index contributed by atoms with van der Waals surface area (Å²) in [7, 11) is 0. The van der Waals surface area contributed by atoms with Gasteiger partial charge in [0.25, 0.3) is 0 Å². The van der Waals surface area contributed by atoms with E-state index in [4.69, 9.17) is 15.2 Å². The van der Waals surface area contributed by atoms with E-state index in [0.29, 0.717) is 24.7 Å². The van der Waals surface area contributed by atoms with Gasteiger partial charge in [0.1, 0.15) is 0 Å². The molecule has 0 bridgehead atoms. The van der Waals surface area contributed by atoms with Crippen LogP contribution in [0.1, 0.15) is 53.4 Å². The summed E-state index contributed by atoms with van der Waals surface area (Å²) in [6, 6.07) is 0.347. The Hall–Kier alpha value is -0.810. The third kappa shape index (κ3) is 5.83. The summed E-state index contributed by atoms with van der Waals surface area (Å²) in [6.07, 6.45) is 4.55. The number of aliphatic imine (C=N–C) groups is 1. The molecule has 0 aromatic carbocycles. The second-order valence-corrected chi connectivity index (χ2v) is 6.28. The van der Waals surface area contributed by atoms with E-state index in [1.165, 1.54) is 6.42 Å². The first kappa shape index (κ1) is 18.2. The molecule has 2 unspecified atom stereocenters. The van der Waals surface area contributed by atoms with Gasteiger partial charge in [0, 0.05) is 37.8 Å². The number of guanidine groups is 1. The molecule has 124 valence electrons. The number of nitrogens with zero attached hydrogens (tertiary/aromatic N) is 1. The number of rotatable bonds is 10. The fourth-order valence-electron chi connectivity index (χ4n) is 2.52. The SMILES string of the molecule is CCCCOC1CC(NC(N)=NCCCOCC)C1(C)C. The van der Waals surface area contributed by atoms with Crippen molar-refractivity contribution in [2.45, 2.75) is 65.5 Å². The summed E-state index contributed by atoms with van der Waals surface area (Å²) in [5.74, 6) is 0.539. The van der Waals surface area contributed by atoms with E-state index < -0.39 is 0 Å². The molecule has 5 heteroatoms. The van der Waals surface area contributed by atoms with Gasteiger partial charge in [0.05, 0.1) is 6.10 Å². The van der Waals surface area contributed by atoms with Gasteiger partial charge >= 0.3 is 0 Å². The molecule has 1 fully saturated rings. The van der Waals surface area contributed by atoms with Crippen LogP contribution in [0.15, 0.2) is 4.99 Å². The number of hydrogen-bond donors (Lipinski definition) is 2. The molecule has 5 nitrogen and oxygen atoms in total. The van der Waals surface area contributed by atoms with Crippen molar-refractivity contribution >= 4 is 5.96 Å². The molecule has 3 N–H and O–H groups in total. The third-order valence-corrected chi connectivity index (χ3v) is 4.25. The molecule has 0 saturated heterocycles. The van der Waals surface area contributed by atoms with Crippen molar-refractivity contribution in [3.8, 4) is 0 Å². The molecular formula is C16H33N3O2. The predicted octanol–water partition coefficient (Wildman–Crippen LogP) is 2.30. The van der Waals surface area contributed by atoms with E-state index in [0.717, 1.165) is 39.1 Å². The zero-order chi connectivity index (χ0) is 15.7. The van der Waals surface area contributed by atoms with Gasteiger partial charge in [-0.2, -0.15) is 0 Å². The van der Waals surface area contributed by atoms with Crippen LogP contribution in [-0.4, -0.2) is 44.5 Å². The molecule has 1 aliphatic rings. The van der Waals surface area contributed by atoms with Crippen molar-refractivity contribution in [2.75, 3.05) is 26.4 Å². The quantitative estimate of drug-likeness (QED) is 0.369. The molecule has 0 radical (unpaired) electrons. The second kappa shape index (κ2) is 9.26. The molecule has 0 aliphatic heterocycles. The summed E-state index contributed by atoms with van der Waals surface area (Å²) in [5.41, 5.74) is 6.05. The molecule has 0 amide bonds. The molecule has 0 spiro atoms. The van der Waals surface area contributed by atoms with Crippen molar-refractivity contribution < 1.29 is 9.47 Å². The normalized spacial score (nSPS) is 24.7. The smallest absolute Gasteiger partial charge is 0.188 e. The molecular weight excluding hydrogens is 266 g/mol. The zero-order valence-electron chi connectivity index (χ0n) is 14.2.